The molecule has 1 amide bonds. The number of aryl methyl sites for hydroxylation is 1. The zero-order valence-electron chi connectivity index (χ0n) is 18.4. The lowest BCUT2D eigenvalue weighted by atomic mass is 9.92. The van der Waals surface area contributed by atoms with Crippen LogP contribution in [0.3, 0.4) is 0 Å². The van der Waals surface area contributed by atoms with Gasteiger partial charge in [0.15, 0.2) is 0 Å². The molecule has 0 aliphatic rings. The minimum Gasteiger partial charge on any atom is -0.316 e. The van der Waals surface area contributed by atoms with Gasteiger partial charge in [-0.15, -0.1) is 0 Å². The molecular formula is C26H28N4O. The van der Waals surface area contributed by atoms with Crippen LogP contribution in [0.2, 0.25) is 0 Å². The maximum atomic E-state index is 13.2. The number of carbonyl (C=O) groups is 1. The van der Waals surface area contributed by atoms with E-state index >= 15 is 0 Å². The fraction of sp³-hybridized carbons (Fsp3) is 0.231. The molecular weight excluding hydrogens is 384 g/mol. The van der Waals surface area contributed by atoms with E-state index < -0.39 is 6.04 Å². The monoisotopic (exact) mass is 412 g/mol. The van der Waals surface area contributed by atoms with Gasteiger partial charge in [-0.2, -0.15) is 5.10 Å². The SMILES string of the molecule is Cc1ccc(-n2nc(C(C)(C)C)cc2NC(=O)C(N)c2cccc3ccccc23)cc1. The third kappa shape index (κ3) is 4.23. The minimum atomic E-state index is -0.800. The normalized spacial score (nSPS) is 12.7. The Morgan fingerprint density at radius 3 is 2.39 bits per heavy atom. The van der Waals surface area contributed by atoms with Crippen molar-refractivity contribution in [2.45, 2.75) is 39.2 Å². The van der Waals surface area contributed by atoms with E-state index in [-0.39, 0.29) is 11.3 Å². The highest BCUT2D eigenvalue weighted by atomic mass is 16.2. The summed E-state index contributed by atoms with van der Waals surface area (Å²) in [6, 6.07) is 23.0. The molecule has 1 aromatic heterocycles. The Hall–Kier alpha value is -3.44. The molecule has 0 fully saturated rings. The molecule has 0 bridgehead atoms. The molecule has 1 unspecified atom stereocenters. The lowest BCUT2D eigenvalue weighted by molar-refractivity contribution is -0.117. The summed E-state index contributed by atoms with van der Waals surface area (Å²) in [5, 5.41) is 9.83. The number of carbonyl (C=O) groups excluding carboxylic acids is 1. The highest BCUT2D eigenvalue weighted by Crippen LogP contribution is 2.28. The van der Waals surface area contributed by atoms with Crippen LogP contribution < -0.4 is 11.1 Å². The lowest BCUT2D eigenvalue weighted by Gasteiger charge is -2.16. The number of amides is 1. The van der Waals surface area contributed by atoms with Crippen LogP contribution in [0.5, 0.6) is 0 Å². The summed E-state index contributed by atoms with van der Waals surface area (Å²) in [7, 11) is 0. The molecule has 3 N–H and O–H groups in total. The van der Waals surface area contributed by atoms with Gasteiger partial charge in [0.1, 0.15) is 11.9 Å². The predicted molar refractivity (Wildman–Crippen MR) is 127 cm³/mol. The number of hydrogen-bond acceptors (Lipinski definition) is 3. The van der Waals surface area contributed by atoms with E-state index in [1.54, 1.807) is 4.68 Å². The van der Waals surface area contributed by atoms with Gasteiger partial charge in [-0.05, 0) is 35.4 Å². The molecule has 1 heterocycles. The Labute approximate surface area is 182 Å². The van der Waals surface area contributed by atoms with E-state index in [9.17, 15) is 4.79 Å². The largest absolute Gasteiger partial charge is 0.316 e. The molecule has 0 aliphatic heterocycles. The molecule has 1 atom stereocenters. The summed E-state index contributed by atoms with van der Waals surface area (Å²) in [5.41, 5.74) is 9.99. The molecule has 0 spiro atoms. The number of anilines is 1. The van der Waals surface area contributed by atoms with Gasteiger partial charge >= 0.3 is 0 Å². The van der Waals surface area contributed by atoms with Crippen molar-refractivity contribution < 1.29 is 4.79 Å². The van der Waals surface area contributed by atoms with E-state index in [1.807, 2.05) is 79.7 Å². The quantitative estimate of drug-likeness (QED) is 0.480. The fourth-order valence-electron chi connectivity index (χ4n) is 3.59. The van der Waals surface area contributed by atoms with Gasteiger partial charge in [-0.1, -0.05) is 80.9 Å². The van der Waals surface area contributed by atoms with Crippen LogP contribution in [0.15, 0.2) is 72.8 Å². The first-order valence-electron chi connectivity index (χ1n) is 10.5. The van der Waals surface area contributed by atoms with Crippen molar-refractivity contribution in [3.05, 3.63) is 89.6 Å². The summed E-state index contributed by atoms with van der Waals surface area (Å²) in [6.45, 7) is 8.34. The number of hydrogen-bond donors (Lipinski definition) is 2. The van der Waals surface area contributed by atoms with Crippen LogP contribution in [0.4, 0.5) is 5.82 Å². The van der Waals surface area contributed by atoms with Crippen molar-refractivity contribution in [1.29, 1.82) is 0 Å². The molecule has 3 aromatic carbocycles. The summed E-state index contributed by atoms with van der Waals surface area (Å²) < 4.78 is 1.77. The molecule has 31 heavy (non-hydrogen) atoms. The van der Waals surface area contributed by atoms with Crippen LogP contribution in [0, 0.1) is 6.92 Å². The van der Waals surface area contributed by atoms with E-state index in [0.717, 1.165) is 33.3 Å². The fourth-order valence-corrected chi connectivity index (χ4v) is 3.59. The Bertz CT molecular complexity index is 1230. The highest BCUT2D eigenvalue weighted by Gasteiger charge is 2.24. The van der Waals surface area contributed by atoms with Gasteiger partial charge in [0.25, 0.3) is 0 Å². The Balaban J connectivity index is 1.70. The first-order chi connectivity index (χ1) is 14.7. The van der Waals surface area contributed by atoms with Gasteiger partial charge < -0.3 is 11.1 Å². The lowest BCUT2D eigenvalue weighted by Crippen LogP contribution is -2.28. The van der Waals surface area contributed by atoms with Crippen LogP contribution in [0.1, 0.15) is 43.6 Å². The van der Waals surface area contributed by atoms with Crippen LogP contribution in [-0.2, 0) is 10.2 Å². The second kappa shape index (κ2) is 8.00. The summed E-state index contributed by atoms with van der Waals surface area (Å²) in [5.74, 6) is 0.333. The molecule has 0 saturated carbocycles. The molecule has 4 aromatic rings. The number of nitrogens with two attached hydrogens (primary N) is 1. The van der Waals surface area contributed by atoms with E-state index in [1.165, 1.54) is 0 Å². The smallest absolute Gasteiger partial charge is 0.247 e. The van der Waals surface area contributed by atoms with Crippen LogP contribution in [-0.4, -0.2) is 15.7 Å². The molecule has 5 nitrogen and oxygen atoms in total. The van der Waals surface area contributed by atoms with Gasteiger partial charge in [0.2, 0.25) is 5.91 Å². The second-order valence-corrected chi connectivity index (χ2v) is 8.95. The maximum absolute atomic E-state index is 13.2. The first kappa shape index (κ1) is 20.8. The van der Waals surface area contributed by atoms with E-state index in [4.69, 9.17) is 10.8 Å². The summed E-state index contributed by atoms with van der Waals surface area (Å²) in [6.07, 6.45) is 0. The zero-order valence-corrected chi connectivity index (χ0v) is 18.4. The molecule has 0 aliphatic carbocycles. The second-order valence-electron chi connectivity index (χ2n) is 8.95. The van der Waals surface area contributed by atoms with Crippen LogP contribution in [0.25, 0.3) is 16.5 Å². The van der Waals surface area contributed by atoms with Gasteiger partial charge in [-0.3, -0.25) is 4.79 Å². The molecule has 4 rings (SSSR count). The molecule has 0 saturated heterocycles. The van der Waals surface area contributed by atoms with Crippen molar-refractivity contribution in [2.75, 3.05) is 5.32 Å². The first-order valence-corrected chi connectivity index (χ1v) is 10.5. The average Bonchev–Trinajstić information content (AvgIpc) is 3.17. The topological polar surface area (TPSA) is 72.9 Å². The highest BCUT2D eigenvalue weighted by molar-refractivity contribution is 5.98. The van der Waals surface area contributed by atoms with Crippen molar-refractivity contribution in [1.82, 2.24) is 9.78 Å². The van der Waals surface area contributed by atoms with Gasteiger partial charge in [0.05, 0.1) is 11.4 Å². The van der Waals surface area contributed by atoms with Crippen molar-refractivity contribution in [3.63, 3.8) is 0 Å². The molecule has 158 valence electrons. The maximum Gasteiger partial charge on any atom is 0.247 e. The van der Waals surface area contributed by atoms with Crippen molar-refractivity contribution >= 4 is 22.5 Å². The van der Waals surface area contributed by atoms with Crippen molar-refractivity contribution in [2.24, 2.45) is 5.73 Å². The van der Waals surface area contributed by atoms with Crippen molar-refractivity contribution in [3.8, 4) is 5.69 Å². The number of rotatable bonds is 4. The average molecular weight is 413 g/mol. The minimum absolute atomic E-state index is 0.160. The Morgan fingerprint density at radius 2 is 1.68 bits per heavy atom. The summed E-state index contributed by atoms with van der Waals surface area (Å²) >= 11 is 0. The third-order valence-electron chi connectivity index (χ3n) is 5.45. The molecule has 0 radical (unpaired) electrons. The number of nitrogens with zero attached hydrogens (tertiary/aromatic N) is 2. The zero-order chi connectivity index (χ0) is 22.2. The number of fused-ring (bicyclic) bond motifs is 1. The third-order valence-corrected chi connectivity index (χ3v) is 5.45. The molecule has 5 heteroatoms. The Morgan fingerprint density at radius 1 is 1.00 bits per heavy atom. The van der Waals surface area contributed by atoms with E-state index in [2.05, 4.69) is 26.1 Å². The van der Waals surface area contributed by atoms with Crippen LogP contribution >= 0.6 is 0 Å². The number of benzene rings is 3. The van der Waals surface area contributed by atoms with Gasteiger partial charge in [0, 0.05) is 11.5 Å². The number of nitrogens with one attached hydrogen (secondary N) is 1. The van der Waals surface area contributed by atoms with Gasteiger partial charge in [-0.25, -0.2) is 4.68 Å². The predicted octanol–water partition coefficient (Wildman–Crippen LogP) is 5.27. The Kier molecular flexibility index (Phi) is 5.38. The summed E-state index contributed by atoms with van der Waals surface area (Å²) in [4.78, 5) is 13.2. The number of aromatic nitrogens is 2. The van der Waals surface area contributed by atoms with E-state index in [0.29, 0.717) is 5.82 Å². The standard InChI is InChI=1S/C26H28N4O/c1-17-12-14-19(15-13-17)30-23(16-22(29-30)26(2,3)4)28-25(31)24(27)21-11-7-9-18-8-5-6-10-20(18)21/h5-16,24H,27H2,1-4H3,(H,28,31).